The third-order valence-corrected chi connectivity index (χ3v) is 4.69. The van der Waals surface area contributed by atoms with Crippen molar-refractivity contribution in [3.05, 3.63) is 48.4 Å². The second-order valence-corrected chi connectivity index (χ2v) is 6.34. The van der Waals surface area contributed by atoms with Gasteiger partial charge in [-0.1, -0.05) is 0 Å². The molecule has 0 unspecified atom stereocenters. The van der Waals surface area contributed by atoms with Gasteiger partial charge in [-0.15, -0.1) is 0 Å². The molecule has 2 atom stereocenters. The minimum Gasteiger partial charge on any atom is -0.472 e. The Morgan fingerprint density at radius 2 is 2.25 bits per heavy atom. The first-order valence-electron chi connectivity index (χ1n) is 8.20. The van der Waals surface area contributed by atoms with E-state index in [9.17, 15) is 4.79 Å². The van der Waals surface area contributed by atoms with Crippen LogP contribution in [0.5, 0.6) is 0 Å². The molecule has 7 heteroatoms. The maximum atomic E-state index is 12.6. The molecule has 4 heterocycles. The highest BCUT2D eigenvalue weighted by molar-refractivity contribution is 5.92. The Hall–Kier alpha value is -2.25. The topological polar surface area (TPSA) is 71.7 Å². The van der Waals surface area contributed by atoms with Crippen molar-refractivity contribution in [3.63, 3.8) is 0 Å². The number of furan rings is 1. The Labute approximate surface area is 140 Å². The summed E-state index contributed by atoms with van der Waals surface area (Å²) in [5, 5.41) is 0. The van der Waals surface area contributed by atoms with E-state index in [-0.39, 0.29) is 12.0 Å². The molecule has 2 fully saturated rings. The van der Waals surface area contributed by atoms with Crippen molar-refractivity contribution in [1.29, 1.82) is 0 Å². The summed E-state index contributed by atoms with van der Waals surface area (Å²) in [5.74, 6) is 0.278. The number of carbonyl (C=O) groups is 1. The molecule has 0 radical (unpaired) electrons. The van der Waals surface area contributed by atoms with E-state index in [1.54, 1.807) is 24.8 Å². The molecule has 0 N–H and O–H groups in total. The van der Waals surface area contributed by atoms with E-state index in [2.05, 4.69) is 14.9 Å². The van der Waals surface area contributed by atoms with Crippen LogP contribution in [0.2, 0.25) is 0 Å². The van der Waals surface area contributed by atoms with Gasteiger partial charge in [0.15, 0.2) is 0 Å². The zero-order valence-electron chi connectivity index (χ0n) is 13.4. The number of carbonyl (C=O) groups excluding carboxylic acids is 1. The van der Waals surface area contributed by atoms with Crippen LogP contribution in [-0.4, -0.2) is 64.6 Å². The van der Waals surface area contributed by atoms with Gasteiger partial charge in [0.2, 0.25) is 0 Å². The molecule has 2 aromatic heterocycles. The molecule has 4 rings (SSSR count). The first kappa shape index (κ1) is 15.3. The van der Waals surface area contributed by atoms with Crippen LogP contribution in [0.4, 0.5) is 0 Å². The maximum absolute atomic E-state index is 12.6. The lowest BCUT2D eigenvalue weighted by molar-refractivity contribution is 0.0482. The van der Waals surface area contributed by atoms with E-state index < -0.39 is 0 Å². The van der Waals surface area contributed by atoms with Crippen LogP contribution >= 0.6 is 0 Å². The average Bonchev–Trinajstić information content (AvgIpc) is 3.22. The number of likely N-dealkylation sites (tertiary alicyclic amines) is 1. The minimum atomic E-state index is -0.0459. The standard InChI is InChI=1S/C17H20N4O3/c22-17(15-1-3-18-12-19-15)21-9-14-8-20(4-6-24-16(14)10-21)7-13-2-5-23-11-13/h1-3,5,11-12,14,16H,4,6-10H2/t14-,16+/m1/s1. The number of nitrogens with zero attached hydrogens (tertiary/aromatic N) is 4. The molecule has 0 spiro atoms. The molecule has 126 valence electrons. The molecule has 24 heavy (non-hydrogen) atoms. The number of ether oxygens (including phenoxy) is 1. The first-order chi connectivity index (χ1) is 11.8. The highest BCUT2D eigenvalue weighted by atomic mass is 16.5. The molecule has 2 aliphatic rings. The first-order valence-corrected chi connectivity index (χ1v) is 8.20. The van der Waals surface area contributed by atoms with Crippen molar-refractivity contribution < 1.29 is 13.9 Å². The summed E-state index contributed by atoms with van der Waals surface area (Å²) in [7, 11) is 0. The van der Waals surface area contributed by atoms with E-state index in [1.807, 2.05) is 11.0 Å². The molecule has 0 aromatic carbocycles. The van der Waals surface area contributed by atoms with Gasteiger partial charge in [0.05, 0.1) is 25.2 Å². The number of fused-ring (bicyclic) bond motifs is 1. The number of aromatic nitrogens is 2. The Morgan fingerprint density at radius 1 is 1.29 bits per heavy atom. The molecule has 0 saturated carbocycles. The lowest BCUT2D eigenvalue weighted by Gasteiger charge is -2.22. The summed E-state index contributed by atoms with van der Waals surface area (Å²) in [4.78, 5) is 24.7. The summed E-state index contributed by atoms with van der Waals surface area (Å²) >= 11 is 0. The SMILES string of the molecule is O=C(c1ccncn1)N1C[C@H]2CN(Cc3ccoc3)CCO[C@H]2C1. The van der Waals surface area contributed by atoms with Crippen molar-refractivity contribution in [1.82, 2.24) is 19.8 Å². The number of rotatable bonds is 3. The van der Waals surface area contributed by atoms with E-state index in [0.717, 1.165) is 19.6 Å². The highest BCUT2D eigenvalue weighted by Crippen LogP contribution is 2.25. The largest absolute Gasteiger partial charge is 0.472 e. The molecule has 2 aliphatic heterocycles. The van der Waals surface area contributed by atoms with Gasteiger partial charge >= 0.3 is 0 Å². The Bertz CT molecular complexity index is 676. The minimum absolute atomic E-state index is 0.0459. The predicted molar refractivity (Wildman–Crippen MR) is 85.2 cm³/mol. The third-order valence-electron chi connectivity index (χ3n) is 4.69. The predicted octanol–water partition coefficient (Wildman–Crippen LogP) is 1.04. The molecule has 0 aliphatic carbocycles. The lowest BCUT2D eigenvalue weighted by Crippen LogP contribution is -2.34. The summed E-state index contributed by atoms with van der Waals surface area (Å²) in [5.41, 5.74) is 1.61. The lowest BCUT2D eigenvalue weighted by atomic mass is 10.1. The molecule has 0 bridgehead atoms. The van der Waals surface area contributed by atoms with E-state index in [4.69, 9.17) is 9.15 Å². The fourth-order valence-corrected chi connectivity index (χ4v) is 3.49. The van der Waals surface area contributed by atoms with Gasteiger partial charge < -0.3 is 14.1 Å². The quantitative estimate of drug-likeness (QED) is 0.838. The summed E-state index contributed by atoms with van der Waals surface area (Å²) < 4.78 is 11.1. The number of hydrogen-bond acceptors (Lipinski definition) is 6. The van der Waals surface area contributed by atoms with E-state index in [0.29, 0.717) is 31.3 Å². The molecule has 2 saturated heterocycles. The smallest absolute Gasteiger partial charge is 0.272 e. The van der Waals surface area contributed by atoms with Crippen LogP contribution in [0.25, 0.3) is 0 Å². The van der Waals surface area contributed by atoms with Crippen LogP contribution in [0.1, 0.15) is 16.1 Å². The summed E-state index contributed by atoms with van der Waals surface area (Å²) in [6, 6.07) is 3.64. The fourth-order valence-electron chi connectivity index (χ4n) is 3.49. The second-order valence-electron chi connectivity index (χ2n) is 6.34. The van der Waals surface area contributed by atoms with E-state index >= 15 is 0 Å². The Kier molecular flexibility index (Phi) is 4.27. The van der Waals surface area contributed by atoms with Gasteiger partial charge in [0.25, 0.3) is 5.91 Å². The third kappa shape index (κ3) is 3.18. The maximum Gasteiger partial charge on any atom is 0.272 e. The zero-order chi connectivity index (χ0) is 16.4. The molecular formula is C17H20N4O3. The summed E-state index contributed by atoms with van der Waals surface area (Å²) in [6.07, 6.45) is 6.58. The monoisotopic (exact) mass is 328 g/mol. The molecular weight excluding hydrogens is 308 g/mol. The van der Waals surface area contributed by atoms with Crippen molar-refractivity contribution in [2.45, 2.75) is 12.6 Å². The van der Waals surface area contributed by atoms with Gasteiger partial charge in [-0.25, -0.2) is 9.97 Å². The van der Waals surface area contributed by atoms with Crippen LogP contribution in [0.15, 0.2) is 41.6 Å². The molecule has 2 aromatic rings. The van der Waals surface area contributed by atoms with Crippen molar-refractivity contribution in [3.8, 4) is 0 Å². The normalized spacial score (nSPS) is 24.6. The molecule has 1 amide bonds. The van der Waals surface area contributed by atoms with Gasteiger partial charge in [-0.2, -0.15) is 0 Å². The fraction of sp³-hybridized carbons (Fsp3) is 0.471. The van der Waals surface area contributed by atoms with Gasteiger partial charge in [-0.05, 0) is 12.1 Å². The number of amides is 1. The van der Waals surface area contributed by atoms with Crippen molar-refractivity contribution in [2.24, 2.45) is 5.92 Å². The van der Waals surface area contributed by atoms with Gasteiger partial charge in [0.1, 0.15) is 12.0 Å². The van der Waals surface area contributed by atoms with Crippen LogP contribution < -0.4 is 0 Å². The van der Waals surface area contributed by atoms with Crippen molar-refractivity contribution >= 4 is 5.91 Å². The zero-order valence-corrected chi connectivity index (χ0v) is 13.4. The second kappa shape index (κ2) is 6.70. The Balaban J connectivity index is 1.41. The average molecular weight is 328 g/mol. The van der Waals surface area contributed by atoms with Crippen LogP contribution in [-0.2, 0) is 11.3 Å². The van der Waals surface area contributed by atoms with Gasteiger partial charge in [0, 0.05) is 50.4 Å². The van der Waals surface area contributed by atoms with E-state index in [1.165, 1.54) is 11.9 Å². The van der Waals surface area contributed by atoms with Crippen molar-refractivity contribution in [2.75, 3.05) is 32.8 Å². The van der Waals surface area contributed by atoms with Crippen LogP contribution in [0.3, 0.4) is 0 Å². The number of hydrogen-bond donors (Lipinski definition) is 0. The summed E-state index contributed by atoms with van der Waals surface area (Å²) in [6.45, 7) is 4.70. The molecule has 7 nitrogen and oxygen atoms in total. The van der Waals surface area contributed by atoms with Gasteiger partial charge in [-0.3, -0.25) is 9.69 Å². The van der Waals surface area contributed by atoms with Crippen LogP contribution in [0, 0.1) is 5.92 Å². The Morgan fingerprint density at radius 3 is 3.04 bits per heavy atom. The highest BCUT2D eigenvalue weighted by Gasteiger charge is 2.38.